The molecule has 4 heteroatoms. The molecule has 62 valence electrons. The van der Waals surface area contributed by atoms with Crippen LogP contribution in [0.15, 0.2) is 28.6 Å². The monoisotopic (exact) mass is 197 g/mol. The summed E-state index contributed by atoms with van der Waals surface area (Å²) in [5.74, 6) is 0.0970. The Labute approximate surface area is 78.3 Å². The molecular weight excluding hydrogens is 190 g/mol. The van der Waals surface area contributed by atoms with E-state index in [1.54, 1.807) is 11.3 Å². The molecule has 0 radical (unpaired) electrons. The first-order valence-electron chi connectivity index (χ1n) is 3.49. The fraction of sp³-hybridized carbons (Fsp3) is 0.125. The summed E-state index contributed by atoms with van der Waals surface area (Å²) in [5, 5.41) is 8.67. The molecule has 2 nitrogen and oxygen atoms in total. The van der Waals surface area contributed by atoms with Crippen LogP contribution in [-0.4, -0.2) is 16.0 Å². The first-order chi connectivity index (χ1) is 5.90. The van der Waals surface area contributed by atoms with Crippen molar-refractivity contribution in [3.05, 3.63) is 24.3 Å². The number of hydrogen-bond donors (Lipinski definition) is 1. The third kappa shape index (κ3) is 1.46. The maximum absolute atomic E-state index is 8.67. The molecule has 0 saturated carbocycles. The Morgan fingerprint density at radius 2 is 2.25 bits per heavy atom. The molecule has 0 aliphatic rings. The number of aliphatic hydroxyl groups is 1. The van der Waals surface area contributed by atoms with Crippen LogP contribution in [0.3, 0.4) is 0 Å². The molecule has 0 bridgehead atoms. The van der Waals surface area contributed by atoms with Gasteiger partial charge >= 0.3 is 0 Å². The smallest absolute Gasteiger partial charge is 0.153 e. The molecule has 0 unspecified atom stereocenters. The first-order valence-corrected chi connectivity index (χ1v) is 5.29. The molecule has 0 aliphatic carbocycles. The van der Waals surface area contributed by atoms with Gasteiger partial charge in [-0.2, -0.15) is 0 Å². The molecule has 0 aliphatic heterocycles. The van der Waals surface area contributed by atoms with Crippen molar-refractivity contribution in [2.75, 3.05) is 5.94 Å². The number of hydrogen-bond acceptors (Lipinski definition) is 4. The predicted molar refractivity (Wildman–Crippen MR) is 52.6 cm³/mol. The summed E-state index contributed by atoms with van der Waals surface area (Å²) in [7, 11) is 0. The van der Waals surface area contributed by atoms with Crippen molar-refractivity contribution >= 4 is 33.3 Å². The van der Waals surface area contributed by atoms with E-state index in [1.807, 2.05) is 24.3 Å². The molecule has 1 aromatic carbocycles. The van der Waals surface area contributed by atoms with Crippen LogP contribution in [0, 0.1) is 0 Å². The van der Waals surface area contributed by atoms with Gasteiger partial charge in [0.2, 0.25) is 0 Å². The molecule has 1 heterocycles. The summed E-state index contributed by atoms with van der Waals surface area (Å²) in [6, 6.07) is 7.98. The minimum absolute atomic E-state index is 0.0970. The van der Waals surface area contributed by atoms with Crippen LogP contribution in [0.1, 0.15) is 0 Å². The Kier molecular flexibility index (Phi) is 2.30. The average molecular weight is 197 g/mol. The highest BCUT2D eigenvalue weighted by atomic mass is 32.2. The van der Waals surface area contributed by atoms with Crippen LogP contribution >= 0.6 is 23.1 Å². The third-order valence-corrected chi connectivity index (χ3v) is 3.36. The minimum Gasteiger partial charge on any atom is -0.385 e. The van der Waals surface area contributed by atoms with Crippen molar-refractivity contribution in [1.82, 2.24) is 4.98 Å². The maximum Gasteiger partial charge on any atom is 0.153 e. The summed E-state index contributed by atoms with van der Waals surface area (Å²) in [4.78, 5) is 4.32. The summed E-state index contributed by atoms with van der Waals surface area (Å²) < 4.78 is 2.10. The molecule has 0 amide bonds. The molecule has 0 atom stereocenters. The normalized spacial score (nSPS) is 10.8. The van der Waals surface area contributed by atoms with E-state index in [9.17, 15) is 0 Å². The van der Waals surface area contributed by atoms with E-state index >= 15 is 0 Å². The maximum atomic E-state index is 8.67. The standard InChI is InChI=1S/C8H7NOS2/c10-5-11-8-9-6-3-1-2-4-7(6)12-8/h1-4,10H,5H2. The second kappa shape index (κ2) is 3.43. The molecule has 0 spiro atoms. The summed E-state index contributed by atoms with van der Waals surface area (Å²) >= 11 is 2.98. The van der Waals surface area contributed by atoms with Crippen molar-refractivity contribution in [2.24, 2.45) is 0 Å². The average Bonchev–Trinajstić information content (AvgIpc) is 2.47. The number of thiazole rings is 1. The summed E-state index contributed by atoms with van der Waals surface area (Å²) in [5.41, 5.74) is 1.01. The second-order valence-corrected chi connectivity index (χ2v) is 4.44. The molecule has 1 N–H and O–H groups in total. The number of aliphatic hydroxyl groups excluding tert-OH is 1. The van der Waals surface area contributed by atoms with Gasteiger partial charge < -0.3 is 5.11 Å². The Bertz CT molecular complexity index is 352. The fourth-order valence-corrected chi connectivity index (χ4v) is 2.60. The van der Waals surface area contributed by atoms with Gasteiger partial charge in [-0.15, -0.1) is 11.3 Å². The van der Waals surface area contributed by atoms with Crippen molar-refractivity contribution in [1.29, 1.82) is 0 Å². The lowest BCUT2D eigenvalue weighted by Gasteiger charge is -1.84. The lowest BCUT2D eigenvalue weighted by Crippen LogP contribution is -1.71. The molecular formula is C8H7NOS2. The van der Waals surface area contributed by atoms with Gasteiger partial charge in [-0.25, -0.2) is 4.98 Å². The van der Waals surface area contributed by atoms with Gasteiger partial charge in [0.05, 0.1) is 16.2 Å². The fourth-order valence-electron chi connectivity index (χ4n) is 0.968. The number of aromatic nitrogens is 1. The highest BCUT2D eigenvalue weighted by molar-refractivity contribution is 8.00. The van der Waals surface area contributed by atoms with Crippen molar-refractivity contribution in [3.8, 4) is 0 Å². The van der Waals surface area contributed by atoms with Gasteiger partial charge in [0.1, 0.15) is 0 Å². The van der Waals surface area contributed by atoms with Gasteiger partial charge in [-0.1, -0.05) is 23.9 Å². The third-order valence-electron chi connectivity index (χ3n) is 1.46. The van der Waals surface area contributed by atoms with E-state index in [-0.39, 0.29) is 5.94 Å². The van der Waals surface area contributed by atoms with E-state index in [4.69, 9.17) is 5.11 Å². The van der Waals surface area contributed by atoms with E-state index in [0.717, 1.165) is 9.86 Å². The SMILES string of the molecule is OCSc1nc2ccccc2s1. The van der Waals surface area contributed by atoms with Gasteiger partial charge in [-0.3, -0.25) is 0 Å². The Morgan fingerprint density at radius 3 is 3.00 bits per heavy atom. The number of nitrogens with zero attached hydrogens (tertiary/aromatic N) is 1. The highest BCUT2D eigenvalue weighted by Gasteiger charge is 2.01. The molecule has 12 heavy (non-hydrogen) atoms. The first kappa shape index (κ1) is 8.04. The van der Waals surface area contributed by atoms with Gasteiger partial charge in [0.15, 0.2) is 4.34 Å². The van der Waals surface area contributed by atoms with Crippen LogP contribution in [0.2, 0.25) is 0 Å². The lowest BCUT2D eigenvalue weighted by atomic mass is 10.3. The summed E-state index contributed by atoms with van der Waals surface area (Å²) in [6.07, 6.45) is 0. The molecule has 0 saturated heterocycles. The zero-order valence-corrected chi connectivity index (χ0v) is 7.86. The Hall–Kier alpha value is -0.580. The summed E-state index contributed by atoms with van der Waals surface area (Å²) in [6.45, 7) is 0. The van der Waals surface area contributed by atoms with Crippen LogP contribution in [-0.2, 0) is 0 Å². The Morgan fingerprint density at radius 1 is 1.42 bits per heavy atom. The minimum atomic E-state index is 0.0970. The Balaban J connectivity index is 2.47. The topological polar surface area (TPSA) is 33.1 Å². The molecule has 0 fully saturated rings. The number of rotatable bonds is 2. The highest BCUT2D eigenvalue weighted by Crippen LogP contribution is 2.28. The van der Waals surface area contributed by atoms with Gasteiger partial charge in [0.25, 0.3) is 0 Å². The van der Waals surface area contributed by atoms with Crippen LogP contribution in [0.5, 0.6) is 0 Å². The largest absolute Gasteiger partial charge is 0.385 e. The van der Waals surface area contributed by atoms with Crippen LogP contribution in [0.25, 0.3) is 10.2 Å². The quantitative estimate of drug-likeness (QED) is 0.592. The van der Waals surface area contributed by atoms with Crippen molar-refractivity contribution in [3.63, 3.8) is 0 Å². The van der Waals surface area contributed by atoms with E-state index < -0.39 is 0 Å². The molecule has 2 aromatic rings. The zero-order valence-electron chi connectivity index (χ0n) is 6.23. The lowest BCUT2D eigenvalue weighted by molar-refractivity contribution is 0.375. The van der Waals surface area contributed by atoms with Crippen LogP contribution < -0.4 is 0 Å². The van der Waals surface area contributed by atoms with Gasteiger partial charge in [-0.05, 0) is 12.1 Å². The second-order valence-electron chi connectivity index (χ2n) is 2.22. The predicted octanol–water partition coefficient (Wildman–Crippen LogP) is 2.34. The number of thioether (sulfide) groups is 1. The number of benzene rings is 1. The van der Waals surface area contributed by atoms with E-state index in [0.29, 0.717) is 0 Å². The molecule has 1 aromatic heterocycles. The van der Waals surface area contributed by atoms with Crippen LogP contribution in [0.4, 0.5) is 0 Å². The molecule has 2 rings (SSSR count). The van der Waals surface area contributed by atoms with E-state index in [2.05, 4.69) is 4.98 Å². The van der Waals surface area contributed by atoms with E-state index in [1.165, 1.54) is 16.5 Å². The van der Waals surface area contributed by atoms with Crippen molar-refractivity contribution < 1.29 is 5.11 Å². The zero-order chi connectivity index (χ0) is 8.39. The number of para-hydroxylation sites is 1. The van der Waals surface area contributed by atoms with Crippen molar-refractivity contribution in [2.45, 2.75) is 4.34 Å². The van der Waals surface area contributed by atoms with Gasteiger partial charge in [0, 0.05) is 0 Å². The number of fused-ring (bicyclic) bond motifs is 1.